The first-order valence-corrected chi connectivity index (χ1v) is 9.13. The molecule has 0 aliphatic rings. The number of rotatable bonds is 6. The van der Waals surface area contributed by atoms with Crippen LogP contribution in [0.5, 0.6) is 0 Å². The van der Waals surface area contributed by atoms with Crippen LogP contribution in [-0.2, 0) is 6.42 Å². The molecule has 26 heavy (non-hydrogen) atoms. The Bertz CT molecular complexity index is 929. The normalized spacial score (nSPS) is 10.7. The number of aryl methyl sites for hydroxylation is 1. The van der Waals surface area contributed by atoms with Crippen molar-refractivity contribution in [2.45, 2.75) is 23.3 Å². The number of halogens is 1. The number of pyridine rings is 1. The van der Waals surface area contributed by atoms with Crippen molar-refractivity contribution in [2.75, 3.05) is 6.54 Å². The van der Waals surface area contributed by atoms with Crippen LogP contribution in [-0.4, -0.2) is 32.5 Å². The number of carboxylic acid groups (broad SMARTS) is 1. The van der Waals surface area contributed by atoms with E-state index in [4.69, 9.17) is 16.7 Å². The van der Waals surface area contributed by atoms with Crippen molar-refractivity contribution in [2.24, 2.45) is 0 Å². The van der Waals surface area contributed by atoms with Crippen molar-refractivity contribution in [3.63, 3.8) is 0 Å². The van der Waals surface area contributed by atoms with Gasteiger partial charge in [-0.3, -0.25) is 4.98 Å². The van der Waals surface area contributed by atoms with E-state index in [1.807, 2.05) is 49.4 Å². The van der Waals surface area contributed by atoms with Crippen molar-refractivity contribution >= 4 is 29.5 Å². The van der Waals surface area contributed by atoms with Crippen LogP contribution in [0.2, 0.25) is 5.02 Å². The summed E-state index contributed by atoms with van der Waals surface area (Å²) in [6.45, 7) is 2.24. The molecular formula is C18H17ClN4O2S. The van der Waals surface area contributed by atoms with Gasteiger partial charge in [-0.15, -0.1) is 0 Å². The van der Waals surface area contributed by atoms with Gasteiger partial charge in [-0.25, -0.2) is 9.48 Å². The first-order chi connectivity index (χ1) is 12.5. The monoisotopic (exact) mass is 388 g/mol. The molecule has 0 unspecified atom stereocenters. The minimum absolute atomic E-state index is 0.299. The molecule has 0 saturated heterocycles. The predicted molar refractivity (Wildman–Crippen MR) is 101 cm³/mol. The molecule has 2 aromatic heterocycles. The van der Waals surface area contributed by atoms with Gasteiger partial charge in [0.15, 0.2) is 0 Å². The van der Waals surface area contributed by atoms with E-state index in [1.165, 1.54) is 0 Å². The molecule has 0 spiro atoms. The number of aromatic nitrogens is 3. The topological polar surface area (TPSA) is 80.0 Å². The highest BCUT2D eigenvalue weighted by Gasteiger charge is 2.14. The smallest absolute Gasteiger partial charge is 0.404 e. The van der Waals surface area contributed by atoms with Gasteiger partial charge in [0.25, 0.3) is 0 Å². The first kappa shape index (κ1) is 18.3. The standard InChI is InChI=1S/C18H17ClN4O2S/c1-12-10-14(7-9-20-12)26-17-11-13(6-8-21-18(24)25)22-23(17)16-5-3-2-4-15(16)19/h2-5,7,9-11,21H,6,8H2,1H3,(H,24,25). The highest BCUT2D eigenvalue weighted by Crippen LogP contribution is 2.32. The van der Waals surface area contributed by atoms with E-state index in [2.05, 4.69) is 15.4 Å². The maximum atomic E-state index is 10.6. The number of para-hydroxylation sites is 1. The lowest BCUT2D eigenvalue weighted by Gasteiger charge is -2.09. The fraction of sp³-hybridized carbons (Fsp3) is 0.167. The van der Waals surface area contributed by atoms with Gasteiger partial charge in [0.2, 0.25) is 0 Å². The van der Waals surface area contributed by atoms with Crippen LogP contribution in [0.4, 0.5) is 4.79 Å². The molecule has 2 heterocycles. The van der Waals surface area contributed by atoms with Gasteiger partial charge in [0.1, 0.15) is 5.03 Å². The molecule has 134 valence electrons. The number of nitrogens with one attached hydrogen (secondary N) is 1. The third-order valence-electron chi connectivity index (χ3n) is 3.56. The van der Waals surface area contributed by atoms with Gasteiger partial charge in [-0.2, -0.15) is 5.10 Å². The quantitative estimate of drug-likeness (QED) is 0.661. The van der Waals surface area contributed by atoms with E-state index in [9.17, 15) is 4.79 Å². The Morgan fingerprint density at radius 1 is 1.31 bits per heavy atom. The molecule has 2 N–H and O–H groups in total. The summed E-state index contributed by atoms with van der Waals surface area (Å²) in [5, 5.41) is 17.2. The Kier molecular flexibility index (Phi) is 5.80. The number of hydrogen-bond acceptors (Lipinski definition) is 4. The predicted octanol–water partition coefficient (Wildman–Crippen LogP) is 4.19. The number of benzene rings is 1. The first-order valence-electron chi connectivity index (χ1n) is 7.94. The summed E-state index contributed by atoms with van der Waals surface area (Å²) >= 11 is 7.90. The number of amides is 1. The van der Waals surface area contributed by atoms with E-state index in [0.717, 1.165) is 27.0 Å². The molecule has 0 aliphatic heterocycles. The van der Waals surface area contributed by atoms with E-state index >= 15 is 0 Å². The van der Waals surface area contributed by atoms with Gasteiger partial charge in [0.05, 0.1) is 16.4 Å². The van der Waals surface area contributed by atoms with Crippen LogP contribution in [0.3, 0.4) is 0 Å². The zero-order valence-electron chi connectivity index (χ0n) is 14.0. The van der Waals surface area contributed by atoms with Crippen LogP contribution in [0.1, 0.15) is 11.4 Å². The van der Waals surface area contributed by atoms with E-state index < -0.39 is 6.09 Å². The van der Waals surface area contributed by atoms with Crippen LogP contribution < -0.4 is 5.32 Å². The average Bonchev–Trinajstić information content (AvgIpc) is 2.97. The highest BCUT2D eigenvalue weighted by atomic mass is 35.5. The Hall–Kier alpha value is -2.51. The van der Waals surface area contributed by atoms with Crippen molar-refractivity contribution in [1.82, 2.24) is 20.1 Å². The van der Waals surface area contributed by atoms with Gasteiger partial charge in [-0.1, -0.05) is 35.5 Å². The molecule has 3 rings (SSSR count). The third kappa shape index (κ3) is 4.56. The molecule has 0 atom stereocenters. The number of carbonyl (C=O) groups is 1. The van der Waals surface area contributed by atoms with Crippen molar-refractivity contribution in [1.29, 1.82) is 0 Å². The second-order valence-corrected chi connectivity index (χ2v) is 7.06. The molecule has 6 nitrogen and oxygen atoms in total. The Morgan fingerprint density at radius 3 is 2.85 bits per heavy atom. The molecule has 3 aromatic rings. The van der Waals surface area contributed by atoms with Crippen molar-refractivity contribution in [3.05, 3.63) is 65.1 Å². The zero-order chi connectivity index (χ0) is 18.5. The summed E-state index contributed by atoms with van der Waals surface area (Å²) in [5.41, 5.74) is 2.50. The second kappa shape index (κ2) is 8.25. The SMILES string of the molecule is Cc1cc(Sc2cc(CCNC(=O)O)nn2-c2ccccc2Cl)ccn1. The summed E-state index contributed by atoms with van der Waals surface area (Å²) in [6, 6.07) is 13.4. The second-order valence-electron chi connectivity index (χ2n) is 5.55. The maximum Gasteiger partial charge on any atom is 0.404 e. The van der Waals surface area contributed by atoms with Crippen molar-refractivity contribution in [3.8, 4) is 5.69 Å². The molecule has 0 aliphatic carbocycles. The summed E-state index contributed by atoms with van der Waals surface area (Å²) in [5.74, 6) is 0. The minimum Gasteiger partial charge on any atom is -0.465 e. The van der Waals surface area contributed by atoms with Gasteiger partial charge >= 0.3 is 6.09 Å². The average molecular weight is 389 g/mol. The van der Waals surface area contributed by atoms with Gasteiger partial charge in [0, 0.05) is 29.8 Å². The largest absolute Gasteiger partial charge is 0.465 e. The van der Waals surface area contributed by atoms with Crippen LogP contribution in [0, 0.1) is 6.92 Å². The van der Waals surface area contributed by atoms with E-state index in [-0.39, 0.29) is 0 Å². The maximum absolute atomic E-state index is 10.6. The Morgan fingerprint density at radius 2 is 2.12 bits per heavy atom. The lowest BCUT2D eigenvalue weighted by Crippen LogP contribution is -2.23. The molecule has 0 saturated carbocycles. The lowest BCUT2D eigenvalue weighted by atomic mass is 10.3. The summed E-state index contributed by atoms with van der Waals surface area (Å²) in [7, 11) is 0. The third-order valence-corrected chi connectivity index (χ3v) is 4.87. The van der Waals surface area contributed by atoms with E-state index in [0.29, 0.717) is 18.0 Å². The number of hydrogen-bond donors (Lipinski definition) is 2. The lowest BCUT2D eigenvalue weighted by molar-refractivity contribution is 0.194. The number of nitrogens with zero attached hydrogens (tertiary/aromatic N) is 3. The zero-order valence-corrected chi connectivity index (χ0v) is 15.6. The Labute approximate surface area is 160 Å². The molecule has 1 aromatic carbocycles. The molecule has 0 radical (unpaired) electrons. The minimum atomic E-state index is -1.04. The molecular weight excluding hydrogens is 372 g/mol. The summed E-state index contributed by atoms with van der Waals surface area (Å²) < 4.78 is 1.79. The van der Waals surface area contributed by atoms with Gasteiger partial charge < -0.3 is 10.4 Å². The molecule has 1 amide bonds. The van der Waals surface area contributed by atoms with Crippen molar-refractivity contribution < 1.29 is 9.90 Å². The van der Waals surface area contributed by atoms with Gasteiger partial charge in [-0.05, 0) is 37.3 Å². The highest BCUT2D eigenvalue weighted by molar-refractivity contribution is 7.99. The molecule has 0 bridgehead atoms. The fourth-order valence-electron chi connectivity index (χ4n) is 2.40. The van der Waals surface area contributed by atoms with Crippen LogP contribution >= 0.6 is 23.4 Å². The fourth-order valence-corrected chi connectivity index (χ4v) is 3.64. The Balaban J connectivity index is 1.93. The van der Waals surface area contributed by atoms with Crippen LogP contribution in [0.25, 0.3) is 5.69 Å². The molecule has 0 fully saturated rings. The van der Waals surface area contributed by atoms with Crippen LogP contribution in [0.15, 0.2) is 58.6 Å². The summed E-state index contributed by atoms with van der Waals surface area (Å²) in [4.78, 5) is 15.9. The van der Waals surface area contributed by atoms with E-state index in [1.54, 1.807) is 22.6 Å². The molecule has 8 heteroatoms. The summed E-state index contributed by atoms with van der Waals surface area (Å²) in [6.07, 6.45) is 1.22.